The number of hydrogen-bond donors (Lipinski definition) is 4. The maximum Gasteiger partial charge on any atom is 0.243 e. The summed E-state index contributed by atoms with van der Waals surface area (Å²) in [6, 6.07) is 23.2. The Balaban J connectivity index is 1.40. The number of hydroxylamine groups is 1. The maximum absolute atomic E-state index is 12.6. The Morgan fingerprint density at radius 1 is 0.907 bits per heavy atom. The molecule has 0 aliphatic carbocycles. The highest BCUT2D eigenvalue weighted by Crippen LogP contribution is 2.40. The molecule has 3 aromatic carbocycles. The second kappa shape index (κ2) is 17.0. The number of amides is 2. The molecule has 1 aliphatic rings. The van der Waals surface area contributed by atoms with Gasteiger partial charge >= 0.3 is 0 Å². The van der Waals surface area contributed by atoms with Crippen LogP contribution in [0.2, 0.25) is 0 Å². The second-order valence-electron chi connectivity index (χ2n) is 10.4. The molecule has 1 fully saturated rings. The van der Waals surface area contributed by atoms with E-state index in [1.165, 1.54) is 0 Å². The number of aliphatic hydroxyl groups excluding tert-OH is 1. The molecule has 43 heavy (non-hydrogen) atoms. The number of anilines is 1. The van der Waals surface area contributed by atoms with Crippen LogP contribution in [0.1, 0.15) is 74.0 Å². The lowest BCUT2D eigenvalue weighted by Crippen LogP contribution is -2.31. The highest BCUT2D eigenvalue weighted by molar-refractivity contribution is 7.99. The minimum atomic E-state index is -0.632. The second-order valence-corrected chi connectivity index (χ2v) is 11.5. The summed E-state index contributed by atoms with van der Waals surface area (Å²) in [7, 11) is 1.67. The van der Waals surface area contributed by atoms with Crippen LogP contribution in [-0.2, 0) is 25.7 Å². The first-order valence-corrected chi connectivity index (χ1v) is 15.6. The van der Waals surface area contributed by atoms with E-state index >= 15 is 0 Å². The SMILES string of the molecule is COc1ccccc1SC[C@H]1C[C@@H](c2ccc(CO)cc2)O[C@@H](c2cccc(NC(=O)CCCCCCC(=O)NO)c2)O1. The van der Waals surface area contributed by atoms with Crippen molar-refractivity contribution in [1.82, 2.24) is 5.48 Å². The predicted molar refractivity (Wildman–Crippen MR) is 165 cm³/mol. The molecule has 10 heteroatoms. The Hall–Kier alpha value is -3.41. The maximum atomic E-state index is 12.6. The van der Waals surface area contributed by atoms with Crippen molar-refractivity contribution in [2.45, 2.75) is 74.9 Å². The third-order valence-corrected chi connectivity index (χ3v) is 8.42. The molecule has 1 saturated heterocycles. The lowest BCUT2D eigenvalue weighted by atomic mass is 10.0. The summed E-state index contributed by atoms with van der Waals surface area (Å²) >= 11 is 1.68. The molecule has 0 aromatic heterocycles. The summed E-state index contributed by atoms with van der Waals surface area (Å²) in [6.45, 7) is -0.0163. The number of thioether (sulfide) groups is 1. The van der Waals surface area contributed by atoms with Crippen LogP contribution in [0.15, 0.2) is 77.7 Å². The van der Waals surface area contributed by atoms with Gasteiger partial charge in [0.15, 0.2) is 6.29 Å². The Labute approximate surface area is 256 Å². The van der Waals surface area contributed by atoms with Gasteiger partial charge in [-0.3, -0.25) is 14.8 Å². The first-order chi connectivity index (χ1) is 21.0. The van der Waals surface area contributed by atoms with Gasteiger partial charge in [-0.05, 0) is 48.2 Å². The average Bonchev–Trinajstić information content (AvgIpc) is 3.05. The Morgan fingerprint density at radius 3 is 2.37 bits per heavy atom. The van der Waals surface area contributed by atoms with Gasteiger partial charge < -0.3 is 24.6 Å². The van der Waals surface area contributed by atoms with Crippen molar-refractivity contribution in [2.24, 2.45) is 0 Å². The van der Waals surface area contributed by atoms with E-state index in [9.17, 15) is 14.7 Å². The molecule has 0 bridgehead atoms. The molecule has 0 spiro atoms. The van der Waals surface area contributed by atoms with Gasteiger partial charge in [0.1, 0.15) is 5.75 Å². The zero-order valence-electron chi connectivity index (χ0n) is 24.4. The number of rotatable bonds is 15. The molecule has 4 rings (SSSR count). The molecule has 9 nitrogen and oxygen atoms in total. The molecular formula is C33H40N2O7S. The van der Waals surface area contributed by atoms with E-state index in [-0.39, 0.29) is 31.1 Å². The molecule has 1 heterocycles. The number of benzene rings is 3. The van der Waals surface area contributed by atoms with Crippen molar-refractivity contribution in [3.63, 3.8) is 0 Å². The van der Waals surface area contributed by atoms with Gasteiger partial charge in [-0.15, -0.1) is 11.8 Å². The van der Waals surface area contributed by atoms with Crippen LogP contribution < -0.4 is 15.5 Å². The van der Waals surface area contributed by atoms with Crippen LogP contribution in [0.25, 0.3) is 0 Å². The van der Waals surface area contributed by atoms with E-state index in [1.54, 1.807) is 24.4 Å². The molecular weight excluding hydrogens is 568 g/mol. The lowest BCUT2D eigenvalue weighted by molar-refractivity contribution is -0.245. The summed E-state index contributed by atoms with van der Waals surface area (Å²) in [4.78, 5) is 24.7. The van der Waals surface area contributed by atoms with Gasteiger partial charge in [0.2, 0.25) is 11.8 Å². The van der Waals surface area contributed by atoms with E-state index < -0.39 is 12.2 Å². The number of ether oxygens (including phenoxy) is 3. The fraction of sp³-hybridized carbons (Fsp3) is 0.394. The molecule has 1 aliphatic heterocycles. The van der Waals surface area contributed by atoms with Gasteiger partial charge in [-0.1, -0.05) is 61.4 Å². The van der Waals surface area contributed by atoms with Crippen molar-refractivity contribution in [2.75, 3.05) is 18.2 Å². The van der Waals surface area contributed by atoms with Crippen LogP contribution in [0.5, 0.6) is 5.75 Å². The number of carbonyl (C=O) groups excluding carboxylic acids is 2. The topological polar surface area (TPSA) is 126 Å². The largest absolute Gasteiger partial charge is 0.496 e. The Bertz CT molecular complexity index is 1320. The van der Waals surface area contributed by atoms with E-state index in [0.29, 0.717) is 37.1 Å². The van der Waals surface area contributed by atoms with Gasteiger partial charge in [0.05, 0.1) is 25.9 Å². The van der Waals surface area contributed by atoms with Gasteiger partial charge in [0.25, 0.3) is 0 Å². The van der Waals surface area contributed by atoms with Crippen LogP contribution in [0.3, 0.4) is 0 Å². The third-order valence-electron chi connectivity index (χ3n) is 7.23. The zero-order chi connectivity index (χ0) is 30.4. The van der Waals surface area contributed by atoms with Crippen molar-refractivity contribution in [1.29, 1.82) is 0 Å². The Morgan fingerprint density at radius 2 is 1.65 bits per heavy atom. The fourth-order valence-corrected chi connectivity index (χ4v) is 5.96. The van der Waals surface area contributed by atoms with Crippen LogP contribution >= 0.6 is 11.8 Å². The fourth-order valence-electron chi connectivity index (χ4n) is 4.91. The molecule has 3 atom stereocenters. The molecule has 0 radical (unpaired) electrons. The quantitative estimate of drug-likeness (QED) is 0.0685. The average molecular weight is 609 g/mol. The zero-order valence-corrected chi connectivity index (χ0v) is 25.2. The molecule has 2 amide bonds. The number of methoxy groups -OCH3 is 1. The van der Waals surface area contributed by atoms with E-state index in [0.717, 1.165) is 40.2 Å². The standard InChI is InChI=1S/C33H40N2O7S/c1-40-28-11-6-7-12-30(28)43-22-27-20-29(24-17-15-23(21-36)16-18-24)42-33(41-27)25-9-8-10-26(19-25)34-31(37)13-4-2-3-5-14-32(38)35-39/h6-12,15-19,27,29,33,36,39H,2-5,13-14,20-22H2,1H3,(H,34,37)(H,35,38)/t27-,29+,33+/m1/s1. The van der Waals surface area contributed by atoms with Gasteiger partial charge in [0, 0.05) is 41.2 Å². The normalized spacial score (nSPS) is 18.2. The minimum Gasteiger partial charge on any atom is -0.496 e. The van der Waals surface area contributed by atoms with E-state index in [1.807, 2.05) is 72.8 Å². The number of unbranched alkanes of at least 4 members (excludes halogenated alkanes) is 3. The van der Waals surface area contributed by atoms with Crippen LogP contribution in [-0.4, -0.2) is 41.1 Å². The highest BCUT2D eigenvalue weighted by atomic mass is 32.2. The van der Waals surface area contributed by atoms with Gasteiger partial charge in [-0.25, -0.2) is 5.48 Å². The molecule has 4 N–H and O–H groups in total. The smallest absolute Gasteiger partial charge is 0.243 e. The first-order valence-electron chi connectivity index (χ1n) is 14.6. The summed E-state index contributed by atoms with van der Waals surface area (Å²) in [5.41, 5.74) is 4.96. The Kier molecular flexibility index (Phi) is 12.9. The van der Waals surface area contributed by atoms with Crippen molar-refractivity contribution >= 4 is 29.3 Å². The number of hydrogen-bond acceptors (Lipinski definition) is 8. The number of nitrogens with one attached hydrogen (secondary N) is 2. The number of para-hydroxylation sites is 1. The van der Waals surface area contributed by atoms with Gasteiger partial charge in [-0.2, -0.15) is 0 Å². The summed E-state index contributed by atoms with van der Waals surface area (Å²) < 4.78 is 18.5. The third kappa shape index (κ3) is 10.1. The van der Waals surface area contributed by atoms with Crippen LogP contribution in [0.4, 0.5) is 5.69 Å². The number of carbonyl (C=O) groups is 2. The first kappa shape index (κ1) is 32.5. The predicted octanol–water partition coefficient (Wildman–Crippen LogP) is 6.31. The molecule has 230 valence electrons. The van der Waals surface area contributed by atoms with Crippen molar-refractivity contribution in [3.05, 3.63) is 89.5 Å². The lowest BCUT2D eigenvalue weighted by Gasteiger charge is -2.36. The van der Waals surface area contributed by atoms with Crippen molar-refractivity contribution < 1.29 is 34.1 Å². The summed E-state index contributed by atoms with van der Waals surface area (Å²) in [6.07, 6.45) is 3.38. The van der Waals surface area contributed by atoms with Crippen molar-refractivity contribution in [3.8, 4) is 5.75 Å². The highest BCUT2D eigenvalue weighted by Gasteiger charge is 2.32. The van der Waals surface area contributed by atoms with Crippen LogP contribution in [0, 0.1) is 0 Å². The summed E-state index contributed by atoms with van der Waals surface area (Å²) in [5.74, 6) is 1.05. The summed E-state index contributed by atoms with van der Waals surface area (Å²) in [5, 5.41) is 21.0. The monoisotopic (exact) mass is 608 g/mol. The molecule has 0 saturated carbocycles. The minimum absolute atomic E-state index is 0.0163. The molecule has 0 unspecified atom stereocenters. The van der Waals surface area contributed by atoms with E-state index in [2.05, 4.69) is 5.32 Å². The number of aliphatic hydroxyl groups is 1. The van der Waals surface area contributed by atoms with E-state index in [4.69, 9.17) is 19.4 Å². The molecule has 3 aromatic rings.